The van der Waals surface area contributed by atoms with Crippen LogP contribution in [0.25, 0.3) is 5.57 Å². The van der Waals surface area contributed by atoms with Crippen LogP contribution in [0.15, 0.2) is 22.6 Å². The van der Waals surface area contributed by atoms with E-state index in [-0.39, 0.29) is 5.78 Å². The van der Waals surface area contributed by atoms with Gasteiger partial charge >= 0.3 is 0 Å². The van der Waals surface area contributed by atoms with Crippen LogP contribution in [-0.2, 0) is 4.79 Å². The van der Waals surface area contributed by atoms with Crippen LogP contribution in [0.2, 0.25) is 0 Å². The summed E-state index contributed by atoms with van der Waals surface area (Å²) in [6.45, 7) is 5.27. The van der Waals surface area contributed by atoms with E-state index in [2.05, 4.69) is 0 Å². The first-order chi connectivity index (χ1) is 5.59. The number of furan rings is 1. The van der Waals surface area contributed by atoms with Gasteiger partial charge in [-0.15, -0.1) is 0 Å². The molecule has 0 aliphatic heterocycles. The molecule has 1 heterocycles. The average Bonchev–Trinajstić information content (AvgIpc) is 2.34. The van der Waals surface area contributed by atoms with E-state index in [4.69, 9.17) is 4.42 Å². The van der Waals surface area contributed by atoms with Crippen molar-refractivity contribution in [2.45, 2.75) is 20.8 Å². The van der Waals surface area contributed by atoms with Crippen molar-refractivity contribution in [3.05, 3.63) is 29.7 Å². The minimum absolute atomic E-state index is 0.0431. The maximum Gasteiger partial charge on any atom is 0.153 e. The van der Waals surface area contributed by atoms with Crippen LogP contribution in [0.4, 0.5) is 0 Å². The van der Waals surface area contributed by atoms with E-state index in [1.807, 2.05) is 26.0 Å². The lowest BCUT2D eigenvalue weighted by atomic mass is 10.2. The Hall–Kier alpha value is -1.31. The topological polar surface area (TPSA) is 30.2 Å². The SMILES string of the molecule is CC(=O)/C=C(\C)c1ccc(C)o1. The molecule has 0 amide bonds. The summed E-state index contributed by atoms with van der Waals surface area (Å²) < 4.78 is 5.33. The molecule has 0 saturated carbocycles. The first-order valence-corrected chi connectivity index (χ1v) is 3.85. The zero-order chi connectivity index (χ0) is 9.14. The van der Waals surface area contributed by atoms with Crippen molar-refractivity contribution in [1.29, 1.82) is 0 Å². The summed E-state index contributed by atoms with van der Waals surface area (Å²) in [6.07, 6.45) is 1.57. The number of carbonyl (C=O) groups excluding carboxylic acids is 1. The maximum absolute atomic E-state index is 10.7. The highest BCUT2D eigenvalue weighted by molar-refractivity contribution is 5.94. The Bertz CT molecular complexity index is 318. The number of allylic oxidation sites excluding steroid dienone is 2. The second-order valence-corrected chi connectivity index (χ2v) is 2.85. The van der Waals surface area contributed by atoms with E-state index < -0.39 is 0 Å². The monoisotopic (exact) mass is 164 g/mol. The van der Waals surface area contributed by atoms with Crippen LogP contribution < -0.4 is 0 Å². The fourth-order valence-corrected chi connectivity index (χ4v) is 1.02. The van der Waals surface area contributed by atoms with Gasteiger partial charge in [-0.1, -0.05) is 0 Å². The molecule has 1 aromatic heterocycles. The molecule has 0 N–H and O–H groups in total. The van der Waals surface area contributed by atoms with E-state index in [0.717, 1.165) is 17.1 Å². The molecule has 0 aliphatic carbocycles. The zero-order valence-electron chi connectivity index (χ0n) is 7.55. The lowest BCUT2D eigenvalue weighted by Crippen LogP contribution is -1.83. The predicted octanol–water partition coefficient (Wildman–Crippen LogP) is 2.58. The molecular formula is C10H12O2. The number of carbonyl (C=O) groups is 1. The van der Waals surface area contributed by atoms with Crippen LogP contribution in [0.1, 0.15) is 25.4 Å². The molecule has 0 unspecified atom stereocenters. The zero-order valence-corrected chi connectivity index (χ0v) is 7.55. The molecular weight excluding hydrogens is 152 g/mol. The van der Waals surface area contributed by atoms with Gasteiger partial charge in [-0.2, -0.15) is 0 Å². The molecule has 0 aromatic carbocycles. The van der Waals surface area contributed by atoms with Crippen LogP contribution in [-0.4, -0.2) is 5.78 Å². The van der Waals surface area contributed by atoms with Gasteiger partial charge in [0.2, 0.25) is 0 Å². The van der Waals surface area contributed by atoms with Crippen molar-refractivity contribution in [1.82, 2.24) is 0 Å². The number of hydrogen-bond acceptors (Lipinski definition) is 2. The highest BCUT2D eigenvalue weighted by Crippen LogP contribution is 2.16. The van der Waals surface area contributed by atoms with Crippen molar-refractivity contribution in [2.24, 2.45) is 0 Å². The van der Waals surface area contributed by atoms with Gasteiger partial charge in [-0.3, -0.25) is 4.79 Å². The van der Waals surface area contributed by atoms with Gasteiger partial charge in [-0.05, 0) is 44.6 Å². The second-order valence-electron chi connectivity index (χ2n) is 2.85. The molecule has 1 aromatic rings. The van der Waals surface area contributed by atoms with Crippen molar-refractivity contribution in [2.75, 3.05) is 0 Å². The molecule has 0 spiro atoms. The Morgan fingerprint density at radius 3 is 2.50 bits per heavy atom. The molecule has 2 nitrogen and oxygen atoms in total. The minimum Gasteiger partial charge on any atom is -0.462 e. The molecule has 1 rings (SSSR count). The summed E-state index contributed by atoms with van der Waals surface area (Å²) in [5, 5.41) is 0. The first-order valence-electron chi connectivity index (χ1n) is 3.85. The number of rotatable bonds is 2. The molecule has 0 saturated heterocycles. The average molecular weight is 164 g/mol. The molecule has 12 heavy (non-hydrogen) atoms. The molecule has 0 bridgehead atoms. The van der Waals surface area contributed by atoms with E-state index in [0.29, 0.717) is 0 Å². The largest absolute Gasteiger partial charge is 0.462 e. The number of ketones is 1. The highest BCUT2D eigenvalue weighted by atomic mass is 16.3. The van der Waals surface area contributed by atoms with E-state index >= 15 is 0 Å². The fraction of sp³-hybridized carbons (Fsp3) is 0.300. The fourth-order valence-electron chi connectivity index (χ4n) is 1.02. The molecule has 0 radical (unpaired) electrons. The first kappa shape index (κ1) is 8.78. The van der Waals surface area contributed by atoms with Gasteiger partial charge in [0, 0.05) is 0 Å². The third-order valence-corrected chi connectivity index (χ3v) is 1.55. The lowest BCUT2D eigenvalue weighted by Gasteiger charge is -1.93. The van der Waals surface area contributed by atoms with Crippen LogP contribution in [0.3, 0.4) is 0 Å². The summed E-state index contributed by atoms with van der Waals surface area (Å²) >= 11 is 0. The molecule has 0 fully saturated rings. The normalized spacial score (nSPS) is 11.8. The van der Waals surface area contributed by atoms with E-state index in [9.17, 15) is 4.79 Å². The molecule has 0 atom stereocenters. The third-order valence-electron chi connectivity index (χ3n) is 1.55. The van der Waals surface area contributed by atoms with E-state index in [1.165, 1.54) is 6.92 Å². The van der Waals surface area contributed by atoms with Crippen LogP contribution in [0.5, 0.6) is 0 Å². The Balaban J connectivity index is 2.91. The van der Waals surface area contributed by atoms with Crippen LogP contribution in [0, 0.1) is 6.92 Å². The minimum atomic E-state index is 0.0431. The highest BCUT2D eigenvalue weighted by Gasteiger charge is 2.00. The quantitative estimate of drug-likeness (QED) is 0.629. The van der Waals surface area contributed by atoms with Gasteiger partial charge in [0.1, 0.15) is 11.5 Å². The van der Waals surface area contributed by atoms with Crippen molar-refractivity contribution >= 4 is 11.4 Å². The van der Waals surface area contributed by atoms with Crippen molar-refractivity contribution in [3.63, 3.8) is 0 Å². The van der Waals surface area contributed by atoms with Gasteiger partial charge in [0.25, 0.3) is 0 Å². The standard InChI is InChI=1S/C10H12O2/c1-7(6-8(2)11)10-5-4-9(3)12-10/h4-6H,1-3H3/b7-6+. The smallest absolute Gasteiger partial charge is 0.153 e. The van der Waals surface area contributed by atoms with Crippen molar-refractivity contribution < 1.29 is 9.21 Å². The second kappa shape index (κ2) is 3.39. The number of aryl methyl sites for hydroxylation is 1. The van der Waals surface area contributed by atoms with Crippen molar-refractivity contribution in [3.8, 4) is 0 Å². The van der Waals surface area contributed by atoms with Gasteiger partial charge in [-0.25, -0.2) is 0 Å². The summed E-state index contributed by atoms with van der Waals surface area (Å²) in [5.74, 6) is 1.67. The van der Waals surface area contributed by atoms with Gasteiger partial charge < -0.3 is 4.42 Å². The summed E-state index contributed by atoms with van der Waals surface area (Å²) in [7, 11) is 0. The Morgan fingerprint density at radius 2 is 2.08 bits per heavy atom. The third kappa shape index (κ3) is 2.09. The molecule has 0 aliphatic rings. The summed E-state index contributed by atoms with van der Waals surface area (Å²) in [5.41, 5.74) is 0.871. The van der Waals surface area contributed by atoms with Gasteiger partial charge in [0.15, 0.2) is 5.78 Å². The van der Waals surface area contributed by atoms with Gasteiger partial charge in [0.05, 0.1) is 0 Å². The maximum atomic E-state index is 10.7. The predicted molar refractivity (Wildman–Crippen MR) is 47.8 cm³/mol. The Morgan fingerprint density at radius 1 is 1.42 bits per heavy atom. The summed E-state index contributed by atoms with van der Waals surface area (Å²) in [4.78, 5) is 10.7. The molecule has 2 heteroatoms. The number of hydrogen-bond donors (Lipinski definition) is 0. The van der Waals surface area contributed by atoms with Crippen LogP contribution >= 0.6 is 0 Å². The lowest BCUT2D eigenvalue weighted by molar-refractivity contribution is -0.112. The van der Waals surface area contributed by atoms with E-state index in [1.54, 1.807) is 6.08 Å². The summed E-state index contributed by atoms with van der Waals surface area (Å²) in [6, 6.07) is 3.75. The Kier molecular flexibility index (Phi) is 2.48. The Labute approximate surface area is 71.9 Å². The molecule has 64 valence electrons.